The molecule has 15 heavy (non-hydrogen) atoms. The minimum absolute atomic E-state index is 0.651. The Morgan fingerprint density at radius 1 is 1.33 bits per heavy atom. The van der Waals surface area contributed by atoms with E-state index in [1.54, 1.807) is 12.6 Å². The molecule has 0 radical (unpaired) electrons. The minimum atomic E-state index is -0.651. The van der Waals surface area contributed by atoms with Crippen molar-refractivity contribution in [3.05, 3.63) is 46.4 Å². The van der Waals surface area contributed by atoms with Crippen molar-refractivity contribution in [3.8, 4) is 5.75 Å². The lowest BCUT2D eigenvalue weighted by Crippen LogP contribution is -1.99. The van der Waals surface area contributed by atoms with Crippen molar-refractivity contribution in [1.82, 2.24) is 4.98 Å². The number of benzene rings is 1. The van der Waals surface area contributed by atoms with E-state index in [0.717, 1.165) is 11.3 Å². The smallest absolute Gasteiger partial charge is 0.122 e. The average Bonchev–Trinajstić information content (AvgIpc) is 2.82. The second-order valence-electron chi connectivity index (χ2n) is 3.09. The Bertz CT molecular complexity index is 411. The molecule has 0 amide bonds. The summed E-state index contributed by atoms with van der Waals surface area (Å²) in [4.78, 5) is 4.07. The highest BCUT2D eigenvalue weighted by molar-refractivity contribution is 7.07. The van der Waals surface area contributed by atoms with Gasteiger partial charge in [-0.05, 0) is 17.7 Å². The number of aliphatic hydroxyl groups is 1. The normalized spacial score (nSPS) is 12.4. The summed E-state index contributed by atoms with van der Waals surface area (Å²) in [5.41, 5.74) is 3.22. The lowest BCUT2D eigenvalue weighted by Gasteiger charge is -2.08. The van der Waals surface area contributed by atoms with Gasteiger partial charge in [-0.3, -0.25) is 0 Å². The van der Waals surface area contributed by atoms with Crippen molar-refractivity contribution in [3.63, 3.8) is 0 Å². The molecule has 4 heteroatoms. The summed E-state index contributed by atoms with van der Waals surface area (Å²) in [7, 11) is 1.62. The van der Waals surface area contributed by atoms with Gasteiger partial charge in [-0.15, -0.1) is 11.3 Å². The highest BCUT2D eigenvalue weighted by atomic mass is 32.1. The fourth-order valence-electron chi connectivity index (χ4n) is 1.31. The molecule has 0 saturated heterocycles. The molecule has 1 aromatic carbocycles. The van der Waals surface area contributed by atoms with Crippen molar-refractivity contribution in [2.45, 2.75) is 6.10 Å². The number of thiazole rings is 1. The molecule has 0 fully saturated rings. The third kappa shape index (κ3) is 2.16. The van der Waals surface area contributed by atoms with Crippen molar-refractivity contribution in [2.75, 3.05) is 7.11 Å². The summed E-state index contributed by atoms with van der Waals surface area (Å²) < 4.78 is 5.04. The zero-order valence-electron chi connectivity index (χ0n) is 8.25. The van der Waals surface area contributed by atoms with Crippen LogP contribution in [0.15, 0.2) is 35.2 Å². The lowest BCUT2D eigenvalue weighted by atomic mass is 10.1. The zero-order chi connectivity index (χ0) is 10.7. The first-order valence-electron chi connectivity index (χ1n) is 4.51. The molecule has 0 saturated carbocycles. The predicted octanol–water partition coefficient (Wildman–Crippen LogP) is 2.23. The molecule has 1 atom stereocenters. The Morgan fingerprint density at radius 2 is 2.07 bits per heavy atom. The maximum absolute atomic E-state index is 9.95. The Labute approximate surface area is 92.0 Å². The maximum Gasteiger partial charge on any atom is 0.122 e. The maximum atomic E-state index is 9.95. The van der Waals surface area contributed by atoms with Crippen LogP contribution >= 0.6 is 11.3 Å². The molecule has 0 aliphatic rings. The molecule has 0 aliphatic heterocycles. The Morgan fingerprint density at radius 3 is 2.60 bits per heavy atom. The number of hydrogen-bond donors (Lipinski definition) is 1. The van der Waals surface area contributed by atoms with Gasteiger partial charge in [0.25, 0.3) is 0 Å². The van der Waals surface area contributed by atoms with Crippen LogP contribution in [0.4, 0.5) is 0 Å². The van der Waals surface area contributed by atoms with E-state index in [4.69, 9.17) is 4.74 Å². The number of rotatable bonds is 3. The van der Waals surface area contributed by atoms with Gasteiger partial charge in [0.15, 0.2) is 0 Å². The van der Waals surface area contributed by atoms with E-state index in [2.05, 4.69) is 4.98 Å². The summed E-state index contributed by atoms with van der Waals surface area (Å²) in [5.74, 6) is 0.782. The van der Waals surface area contributed by atoms with E-state index >= 15 is 0 Å². The van der Waals surface area contributed by atoms with Crippen LogP contribution < -0.4 is 4.74 Å². The number of hydrogen-bond acceptors (Lipinski definition) is 4. The van der Waals surface area contributed by atoms with E-state index in [1.165, 1.54) is 11.3 Å². The van der Waals surface area contributed by atoms with Gasteiger partial charge in [-0.1, -0.05) is 12.1 Å². The Balaban J connectivity index is 2.22. The van der Waals surface area contributed by atoms with E-state index in [0.29, 0.717) is 5.69 Å². The van der Waals surface area contributed by atoms with Gasteiger partial charge in [0.2, 0.25) is 0 Å². The van der Waals surface area contributed by atoms with Gasteiger partial charge in [0, 0.05) is 5.38 Å². The highest BCUT2D eigenvalue weighted by Gasteiger charge is 2.11. The van der Waals surface area contributed by atoms with Crippen LogP contribution in [-0.2, 0) is 0 Å². The van der Waals surface area contributed by atoms with Crippen molar-refractivity contribution in [2.24, 2.45) is 0 Å². The zero-order valence-corrected chi connectivity index (χ0v) is 9.07. The average molecular weight is 221 g/mol. The van der Waals surface area contributed by atoms with Gasteiger partial charge in [0.1, 0.15) is 11.9 Å². The van der Waals surface area contributed by atoms with Crippen molar-refractivity contribution in [1.29, 1.82) is 0 Å². The molecule has 0 aliphatic carbocycles. The van der Waals surface area contributed by atoms with Gasteiger partial charge in [-0.25, -0.2) is 4.98 Å². The molecule has 2 aromatic rings. The first-order valence-corrected chi connectivity index (χ1v) is 5.45. The topological polar surface area (TPSA) is 42.4 Å². The summed E-state index contributed by atoms with van der Waals surface area (Å²) >= 11 is 1.47. The molecule has 1 N–H and O–H groups in total. The van der Waals surface area contributed by atoms with Gasteiger partial charge in [-0.2, -0.15) is 0 Å². The molecule has 1 heterocycles. The Hall–Kier alpha value is -1.39. The van der Waals surface area contributed by atoms with Crippen LogP contribution in [0.1, 0.15) is 17.4 Å². The first-order chi connectivity index (χ1) is 7.31. The van der Waals surface area contributed by atoms with E-state index in [-0.39, 0.29) is 0 Å². The van der Waals surface area contributed by atoms with Crippen molar-refractivity contribution >= 4 is 11.3 Å². The van der Waals surface area contributed by atoms with Gasteiger partial charge in [0.05, 0.1) is 18.3 Å². The summed E-state index contributed by atoms with van der Waals surface area (Å²) in [5, 5.41) is 11.8. The molecule has 1 unspecified atom stereocenters. The van der Waals surface area contributed by atoms with Crippen LogP contribution in [0, 0.1) is 0 Å². The second kappa shape index (κ2) is 4.42. The number of aliphatic hydroxyl groups excluding tert-OH is 1. The molecule has 2 rings (SSSR count). The third-order valence-corrected chi connectivity index (χ3v) is 2.77. The van der Waals surface area contributed by atoms with Crippen LogP contribution in [0.5, 0.6) is 5.75 Å². The van der Waals surface area contributed by atoms with E-state index < -0.39 is 6.10 Å². The molecule has 1 aromatic heterocycles. The molecule has 0 bridgehead atoms. The highest BCUT2D eigenvalue weighted by Crippen LogP contribution is 2.23. The standard InChI is InChI=1S/C11H11NO2S/c1-14-9-4-2-8(3-5-9)11(13)10-6-15-7-12-10/h2-7,11,13H,1H3. The van der Waals surface area contributed by atoms with Crippen molar-refractivity contribution < 1.29 is 9.84 Å². The molecular weight excluding hydrogens is 210 g/mol. The predicted molar refractivity (Wildman–Crippen MR) is 59.2 cm³/mol. The van der Waals surface area contributed by atoms with E-state index in [9.17, 15) is 5.11 Å². The Kier molecular flexibility index (Phi) is 2.99. The molecular formula is C11H11NO2S. The molecule has 0 spiro atoms. The monoisotopic (exact) mass is 221 g/mol. The molecule has 78 valence electrons. The first kappa shape index (κ1) is 10.1. The number of ether oxygens (including phenoxy) is 1. The van der Waals surface area contributed by atoms with Gasteiger partial charge < -0.3 is 9.84 Å². The lowest BCUT2D eigenvalue weighted by molar-refractivity contribution is 0.216. The minimum Gasteiger partial charge on any atom is -0.497 e. The second-order valence-corrected chi connectivity index (χ2v) is 3.81. The van der Waals surface area contributed by atoms with Crippen LogP contribution in [0.25, 0.3) is 0 Å². The summed E-state index contributed by atoms with van der Waals surface area (Å²) in [6.07, 6.45) is -0.651. The van der Waals surface area contributed by atoms with Crippen LogP contribution in [0.3, 0.4) is 0 Å². The molecule has 3 nitrogen and oxygen atoms in total. The summed E-state index contributed by atoms with van der Waals surface area (Å²) in [6, 6.07) is 7.32. The van der Waals surface area contributed by atoms with Crippen LogP contribution in [0.2, 0.25) is 0 Å². The number of aromatic nitrogens is 1. The quantitative estimate of drug-likeness (QED) is 0.864. The summed E-state index contributed by atoms with van der Waals surface area (Å²) in [6.45, 7) is 0. The third-order valence-electron chi connectivity index (χ3n) is 2.16. The fraction of sp³-hybridized carbons (Fsp3) is 0.182. The largest absolute Gasteiger partial charge is 0.497 e. The van der Waals surface area contributed by atoms with Crippen LogP contribution in [-0.4, -0.2) is 17.2 Å². The number of nitrogens with zero attached hydrogens (tertiary/aromatic N) is 1. The van der Waals surface area contributed by atoms with Gasteiger partial charge >= 0.3 is 0 Å². The van der Waals surface area contributed by atoms with E-state index in [1.807, 2.05) is 29.6 Å². The number of methoxy groups -OCH3 is 1. The fourth-order valence-corrected chi connectivity index (χ4v) is 1.89. The SMILES string of the molecule is COc1ccc(C(O)c2cscn2)cc1.